The lowest BCUT2D eigenvalue weighted by atomic mass is 9.68. The van der Waals surface area contributed by atoms with Gasteiger partial charge in [-0.15, -0.1) is 0 Å². The largest absolute Gasteiger partial charge is 0.481 e. The SMILES string of the molecule is CC(C)(C)C1CCCCC1N1CCOCC1CC(=O)O. The van der Waals surface area contributed by atoms with E-state index in [-0.39, 0.29) is 17.9 Å². The lowest BCUT2D eigenvalue weighted by Crippen LogP contribution is -2.56. The molecule has 116 valence electrons. The van der Waals surface area contributed by atoms with Crippen molar-refractivity contribution in [2.45, 2.75) is 65.0 Å². The molecule has 1 aliphatic heterocycles. The van der Waals surface area contributed by atoms with Crippen LogP contribution in [0.3, 0.4) is 0 Å². The molecule has 2 rings (SSSR count). The number of ether oxygens (including phenoxy) is 1. The Morgan fingerprint density at radius 2 is 2.00 bits per heavy atom. The van der Waals surface area contributed by atoms with Gasteiger partial charge in [0.25, 0.3) is 0 Å². The Hall–Kier alpha value is -0.610. The van der Waals surface area contributed by atoms with Gasteiger partial charge < -0.3 is 9.84 Å². The second-order valence-corrected chi connectivity index (χ2v) is 7.39. The first-order valence-corrected chi connectivity index (χ1v) is 7.95. The first-order valence-electron chi connectivity index (χ1n) is 7.95. The molecule has 0 aromatic rings. The van der Waals surface area contributed by atoms with Gasteiger partial charge in [0.05, 0.1) is 19.6 Å². The summed E-state index contributed by atoms with van der Waals surface area (Å²) >= 11 is 0. The third kappa shape index (κ3) is 3.73. The first kappa shape index (κ1) is 15.8. The quantitative estimate of drug-likeness (QED) is 0.865. The van der Waals surface area contributed by atoms with Crippen LogP contribution in [-0.4, -0.2) is 47.8 Å². The van der Waals surface area contributed by atoms with E-state index in [9.17, 15) is 4.79 Å². The summed E-state index contributed by atoms with van der Waals surface area (Å²) < 4.78 is 5.52. The minimum Gasteiger partial charge on any atom is -0.481 e. The fourth-order valence-corrected chi connectivity index (χ4v) is 4.00. The zero-order valence-corrected chi connectivity index (χ0v) is 13.1. The third-order valence-corrected chi connectivity index (χ3v) is 4.95. The van der Waals surface area contributed by atoms with Crippen LogP contribution in [0.5, 0.6) is 0 Å². The Morgan fingerprint density at radius 1 is 1.30 bits per heavy atom. The number of hydrogen-bond acceptors (Lipinski definition) is 3. The molecule has 4 heteroatoms. The molecule has 0 radical (unpaired) electrons. The van der Waals surface area contributed by atoms with Crippen LogP contribution in [0.15, 0.2) is 0 Å². The summed E-state index contributed by atoms with van der Waals surface area (Å²) in [5.41, 5.74) is 0.289. The van der Waals surface area contributed by atoms with Crippen molar-refractivity contribution < 1.29 is 14.6 Å². The van der Waals surface area contributed by atoms with Crippen LogP contribution in [0.4, 0.5) is 0 Å². The molecule has 1 heterocycles. The van der Waals surface area contributed by atoms with Crippen molar-refractivity contribution >= 4 is 5.97 Å². The van der Waals surface area contributed by atoms with Gasteiger partial charge in [-0.3, -0.25) is 9.69 Å². The number of rotatable bonds is 3. The zero-order valence-electron chi connectivity index (χ0n) is 13.1. The lowest BCUT2D eigenvalue weighted by molar-refractivity contribution is -0.142. The van der Waals surface area contributed by atoms with E-state index >= 15 is 0 Å². The first-order chi connectivity index (χ1) is 9.39. The highest BCUT2D eigenvalue weighted by atomic mass is 16.5. The number of nitrogens with zero attached hydrogens (tertiary/aromatic N) is 1. The minimum atomic E-state index is -0.714. The highest BCUT2D eigenvalue weighted by Crippen LogP contribution is 2.41. The van der Waals surface area contributed by atoms with Crippen LogP contribution in [0.1, 0.15) is 52.9 Å². The van der Waals surface area contributed by atoms with Gasteiger partial charge in [0.1, 0.15) is 0 Å². The van der Waals surface area contributed by atoms with Crippen molar-refractivity contribution in [2.24, 2.45) is 11.3 Å². The maximum absolute atomic E-state index is 11.1. The van der Waals surface area contributed by atoms with E-state index in [0.29, 0.717) is 18.6 Å². The lowest BCUT2D eigenvalue weighted by Gasteiger charge is -2.49. The Kier molecular flexibility index (Phi) is 5.08. The predicted molar refractivity (Wildman–Crippen MR) is 78.8 cm³/mol. The maximum atomic E-state index is 11.1. The summed E-state index contributed by atoms with van der Waals surface area (Å²) in [7, 11) is 0. The Labute approximate surface area is 122 Å². The smallest absolute Gasteiger partial charge is 0.305 e. The second kappa shape index (κ2) is 6.44. The number of hydrogen-bond donors (Lipinski definition) is 1. The van der Waals surface area contributed by atoms with Crippen LogP contribution in [0.25, 0.3) is 0 Å². The van der Waals surface area contributed by atoms with Crippen LogP contribution in [0.2, 0.25) is 0 Å². The van der Waals surface area contributed by atoms with E-state index in [1.807, 2.05) is 0 Å². The van der Waals surface area contributed by atoms with E-state index < -0.39 is 5.97 Å². The molecule has 3 unspecified atom stereocenters. The Bertz CT molecular complexity index is 337. The van der Waals surface area contributed by atoms with Gasteiger partial charge in [-0.1, -0.05) is 33.6 Å². The molecule has 3 atom stereocenters. The van der Waals surface area contributed by atoms with E-state index in [1.54, 1.807) is 0 Å². The molecule has 1 aliphatic carbocycles. The molecular formula is C16H29NO3. The van der Waals surface area contributed by atoms with Gasteiger partial charge in [0.15, 0.2) is 0 Å². The summed E-state index contributed by atoms with van der Waals surface area (Å²) in [5.74, 6) is -0.0562. The molecule has 20 heavy (non-hydrogen) atoms. The van der Waals surface area contributed by atoms with E-state index in [2.05, 4.69) is 25.7 Å². The van der Waals surface area contributed by atoms with Crippen LogP contribution < -0.4 is 0 Å². The molecule has 0 aromatic carbocycles. The van der Waals surface area contributed by atoms with E-state index in [1.165, 1.54) is 25.7 Å². The van der Waals surface area contributed by atoms with Gasteiger partial charge in [-0.2, -0.15) is 0 Å². The van der Waals surface area contributed by atoms with Crippen molar-refractivity contribution in [1.82, 2.24) is 4.90 Å². The number of aliphatic carboxylic acids is 1. The number of carboxylic acid groups (broad SMARTS) is 1. The summed E-state index contributed by atoms with van der Waals surface area (Å²) in [4.78, 5) is 13.5. The zero-order chi connectivity index (χ0) is 14.8. The molecule has 0 spiro atoms. The average Bonchev–Trinajstić information content (AvgIpc) is 2.38. The van der Waals surface area contributed by atoms with Crippen molar-refractivity contribution in [3.63, 3.8) is 0 Å². The summed E-state index contributed by atoms with van der Waals surface area (Å²) in [6.07, 6.45) is 5.26. The molecular weight excluding hydrogens is 254 g/mol. The van der Waals surface area contributed by atoms with E-state index in [0.717, 1.165) is 13.2 Å². The van der Waals surface area contributed by atoms with Crippen molar-refractivity contribution in [1.29, 1.82) is 0 Å². The van der Waals surface area contributed by atoms with Crippen LogP contribution in [0, 0.1) is 11.3 Å². The van der Waals surface area contributed by atoms with Gasteiger partial charge in [0.2, 0.25) is 0 Å². The number of morpholine rings is 1. The average molecular weight is 283 g/mol. The van der Waals surface area contributed by atoms with Crippen molar-refractivity contribution in [3.8, 4) is 0 Å². The van der Waals surface area contributed by atoms with Crippen molar-refractivity contribution in [2.75, 3.05) is 19.8 Å². The molecule has 0 aromatic heterocycles. The Balaban J connectivity index is 2.13. The molecule has 1 saturated heterocycles. The molecule has 0 bridgehead atoms. The molecule has 1 N–H and O–H groups in total. The number of carboxylic acids is 1. The highest BCUT2D eigenvalue weighted by molar-refractivity contribution is 5.67. The second-order valence-electron chi connectivity index (χ2n) is 7.39. The van der Waals surface area contributed by atoms with Gasteiger partial charge in [-0.05, 0) is 24.2 Å². The number of carbonyl (C=O) groups is 1. The normalized spacial score (nSPS) is 33.0. The standard InChI is InChI=1S/C16H29NO3/c1-16(2,3)13-6-4-5-7-14(13)17-8-9-20-11-12(17)10-15(18)19/h12-14H,4-11H2,1-3H3,(H,18,19). The third-order valence-electron chi connectivity index (χ3n) is 4.95. The molecule has 1 saturated carbocycles. The van der Waals surface area contributed by atoms with E-state index in [4.69, 9.17) is 9.84 Å². The molecule has 4 nitrogen and oxygen atoms in total. The van der Waals surface area contributed by atoms with Crippen molar-refractivity contribution in [3.05, 3.63) is 0 Å². The Morgan fingerprint density at radius 3 is 2.65 bits per heavy atom. The van der Waals surface area contributed by atoms with Gasteiger partial charge >= 0.3 is 5.97 Å². The van der Waals surface area contributed by atoms with Gasteiger partial charge in [-0.25, -0.2) is 0 Å². The van der Waals surface area contributed by atoms with Crippen LogP contribution >= 0.6 is 0 Å². The highest BCUT2D eigenvalue weighted by Gasteiger charge is 2.40. The predicted octanol–water partition coefficient (Wildman–Crippen LogP) is 2.77. The summed E-state index contributed by atoms with van der Waals surface area (Å²) in [6, 6.07) is 0.575. The fourth-order valence-electron chi connectivity index (χ4n) is 4.00. The molecule has 0 amide bonds. The molecule has 2 fully saturated rings. The topological polar surface area (TPSA) is 49.8 Å². The maximum Gasteiger partial charge on any atom is 0.305 e. The summed E-state index contributed by atoms with van der Waals surface area (Å²) in [5, 5.41) is 9.13. The van der Waals surface area contributed by atoms with Crippen LogP contribution in [-0.2, 0) is 9.53 Å². The molecule has 2 aliphatic rings. The monoisotopic (exact) mass is 283 g/mol. The minimum absolute atomic E-state index is 0.0502. The fraction of sp³-hybridized carbons (Fsp3) is 0.938. The van der Waals surface area contributed by atoms with Gasteiger partial charge in [0, 0.05) is 18.6 Å². The summed E-state index contributed by atoms with van der Waals surface area (Å²) in [6.45, 7) is 9.16.